The molecule has 1 atom stereocenters. The highest BCUT2D eigenvalue weighted by Crippen LogP contribution is 2.28. The Morgan fingerprint density at radius 2 is 2.32 bits per heavy atom. The maximum absolute atomic E-state index is 11.0. The van der Waals surface area contributed by atoms with Crippen molar-refractivity contribution in [2.45, 2.75) is 18.9 Å². The third-order valence-electron chi connectivity index (χ3n) is 3.39. The molecule has 1 aromatic heterocycles. The summed E-state index contributed by atoms with van der Waals surface area (Å²) in [5, 5.41) is 11.0. The maximum atomic E-state index is 11.0. The largest absolute Gasteiger partial charge is 0.368 e. The molecule has 2 heterocycles. The van der Waals surface area contributed by atoms with Gasteiger partial charge in [-0.2, -0.15) is 4.98 Å². The number of aromatic nitrogens is 2. The first-order valence-electron chi connectivity index (χ1n) is 6.17. The van der Waals surface area contributed by atoms with E-state index in [1.165, 1.54) is 6.20 Å². The quantitative estimate of drug-likeness (QED) is 0.627. The molecule has 0 spiro atoms. The molecule has 1 saturated heterocycles. The van der Waals surface area contributed by atoms with Crippen LogP contribution in [0.15, 0.2) is 6.20 Å². The molecule has 0 amide bonds. The number of hydrogen-bond donors (Lipinski definition) is 1. The zero-order chi connectivity index (χ0) is 14.0. The van der Waals surface area contributed by atoms with Gasteiger partial charge in [-0.25, -0.2) is 4.98 Å². The molecular weight excluding hydrogens is 248 g/mol. The second-order valence-corrected chi connectivity index (χ2v) is 4.90. The molecule has 8 heteroatoms. The summed E-state index contributed by atoms with van der Waals surface area (Å²) < 4.78 is 0. The number of likely N-dealkylation sites (N-methyl/N-ethyl adjacent to an activating group) is 1. The fourth-order valence-electron chi connectivity index (χ4n) is 2.31. The van der Waals surface area contributed by atoms with Gasteiger partial charge in [0.2, 0.25) is 11.8 Å². The van der Waals surface area contributed by atoms with E-state index in [0.29, 0.717) is 18.4 Å². The summed E-state index contributed by atoms with van der Waals surface area (Å²) in [5.41, 5.74) is 5.46. The summed E-state index contributed by atoms with van der Waals surface area (Å²) in [4.78, 5) is 22.4. The van der Waals surface area contributed by atoms with Crippen molar-refractivity contribution >= 4 is 17.5 Å². The summed E-state index contributed by atoms with van der Waals surface area (Å²) in [6, 6.07) is 0.365. The summed E-state index contributed by atoms with van der Waals surface area (Å²) >= 11 is 0. The minimum absolute atomic E-state index is 0.0626. The van der Waals surface area contributed by atoms with E-state index in [-0.39, 0.29) is 11.6 Å². The molecule has 0 saturated carbocycles. The van der Waals surface area contributed by atoms with Crippen molar-refractivity contribution in [2.24, 2.45) is 0 Å². The van der Waals surface area contributed by atoms with Crippen LogP contribution < -0.4 is 10.6 Å². The predicted octanol–water partition coefficient (Wildman–Crippen LogP) is 0.497. The minimum Gasteiger partial charge on any atom is -0.368 e. The topological polar surface area (TPSA) is 101 Å². The number of piperidine rings is 1. The lowest BCUT2D eigenvalue weighted by Crippen LogP contribution is -2.45. The molecule has 1 aliphatic rings. The predicted molar refractivity (Wildman–Crippen MR) is 72.0 cm³/mol. The van der Waals surface area contributed by atoms with Crippen molar-refractivity contribution < 1.29 is 4.92 Å². The van der Waals surface area contributed by atoms with E-state index in [1.807, 2.05) is 19.0 Å². The number of hydrogen-bond acceptors (Lipinski definition) is 7. The van der Waals surface area contributed by atoms with E-state index in [9.17, 15) is 10.1 Å². The van der Waals surface area contributed by atoms with Crippen molar-refractivity contribution in [1.29, 1.82) is 0 Å². The molecule has 1 unspecified atom stereocenters. The van der Waals surface area contributed by atoms with Crippen molar-refractivity contribution in [2.75, 3.05) is 37.8 Å². The lowest BCUT2D eigenvalue weighted by Gasteiger charge is -2.36. The SMILES string of the molecule is CN(C)C1CCCN(c2nc(N)ncc2[N+](=O)[O-])C1. The van der Waals surface area contributed by atoms with Gasteiger partial charge in [-0.1, -0.05) is 0 Å². The summed E-state index contributed by atoms with van der Waals surface area (Å²) in [6.07, 6.45) is 3.23. The first kappa shape index (κ1) is 13.5. The fourth-order valence-corrected chi connectivity index (χ4v) is 2.31. The fraction of sp³-hybridized carbons (Fsp3) is 0.636. The molecule has 8 nitrogen and oxygen atoms in total. The molecular formula is C11H18N6O2. The molecule has 1 aromatic rings. The molecule has 104 valence electrons. The van der Waals surface area contributed by atoms with Crippen LogP contribution in [0.2, 0.25) is 0 Å². The molecule has 0 bridgehead atoms. The Morgan fingerprint density at radius 3 is 2.95 bits per heavy atom. The van der Waals surface area contributed by atoms with Gasteiger partial charge in [0.15, 0.2) is 0 Å². The summed E-state index contributed by atoms with van der Waals surface area (Å²) in [6.45, 7) is 1.46. The van der Waals surface area contributed by atoms with Crippen LogP contribution in [-0.4, -0.2) is 53.0 Å². The van der Waals surface area contributed by atoms with Crippen LogP contribution in [0.1, 0.15) is 12.8 Å². The van der Waals surface area contributed by atoms with E-state index < -0.39 is 4.92 Å². The highest BCUT2D eigenvalue weighted by atomic mass is 16.6. The van der Waals surface area contributed by atoms with Gasteiger partial charge >= 0.3 is 5.69 Å². The van der Waals surface area contributed by atoms with Gasteiger partial charge in [-0.15, -0.1) is 0 Å². The van der Waals surface area contributed by atoms with Gasteiger partial charge in [0.25, 0.3) is 0 Å². The van der Waals surface area contributed by atoms with Crippen molar-refractivity contribution in [3.8, 4) is 0 Å². The van der Waals surface area contributed by atoms with Crippen LogP contribution in [0.4, 0.5) is 17.5 Å². The number of rotatable bonds is 3. The lowest BCUT2D eigenvalue weighted by atomic mass is 10.0. The molecule has 0 radical (unpaired) electrons. The third-order valence-corrected chi connectivity index (χ3v) is 3.39. The third kappa shape index (κ3) is 2.90. The number of nitrogens with two attached hydrogens (primary N) is 1. The average molecular weight is 266 g/mol. The van der Waals surface area contributed by atoms with Crippen LogP contribution >= 0.6 is 0 Å². The van der Waals surface area contributed by atoms with E-state index >= 15 is 0 Å². The van der Waals surface area contributed by atoms with Crippen LogP contribution in [-0.2, 0) is 0 Å². The van der Waals surface area contributed by atoms with Crippen LogP contribution in [0.25, 0.3) is 0 Å². The number of anilines is 2. The number of nitrogens with zero attached hydrogens (tertiary/aromatic N) is 5. The molecule has 2 rings (SSSR count). The van der Waals surface area contributed by atoms with Gasteiger partial charge in [-0.05, 0) is 26.9 Å². The molecule has 19 heavy (non-hydrogen) atoms. The lowest BCUT2D eigenvalue weighted by molar-refractivity contribution is -0.384. The van der Waals surface area contributed by atoms with E-state index in [2.05, 4.69) is 14.9 Å². The highest BCUT2D eigenvalue weighted by Gasteiger charge is 2.28. The minimum atomic E-state index is -0.464. The van der Waals surface area contributed by atoms with E-state index in [0.717, 1.165) is 19.4 Å². The van der Waals surface area contributed by atoms with Crippen LogP contribution in [0.5, 0.6) is 0 Å². The summed E-state index contributed by atoms with van der Waals surface area (Å²) in [5.74, 6) is 0.386. The average Bonchev–Trinajstić information content (AvgIpc) is 2.38. The number of nitrogen functional groups attached to an aromatic ring is 1. The molecule has 2 N–H and O–H groups in total. The maximum Gasteiger partial charge on any atom is 0.329 e. The van der Waals surface area contributed by atoms with Gasteiger partial charge < -0.3 is 15.5 Å². The van der Waals surface area contributed by atoms with Crippen molar-refractivity contribution in [3.63, 3.8) is 0 Å². The van der Waals surface area contributed by atoms with Gasteiger partial charge in [-0.3, -0.25) is 10.1 Å². The Balaban J connectivity index is 2.30. The first-order valence-corrected chi connectivity index (χ1v) is 6.17. The second-order valence-electron chi connectivity index (χ2n) is 4.90. The smallest absolute Gasteiger partial charge is 0.329 e. The second kappa shape index (κ2) is 5.35. The first-order chi connectivity index (χ1) is 8.99. The Labute approximate surface area is 111 Å². The molecule has 1 aliphatic heterocycles. The van der Waals surface area contributed by atoms with Gasteiger partial charge in [0, 0.05) is 19.1 Å². The zero-order valence-corrected chi connectivity index (χ0v) is 11.1. The normalized spacial score (nSPS) is 19.7. The highest BCUT2D eigenvalue weighted by molar-refractivity contribution is 5.58. The Kier molecular flexibility index (Phi) is 3.79. The Morgan fingerprint density at radius 1 is 1.58 bits per heavy atom. The molecule has 1 fully saturated rings. The van der Waals surface area contributed by atoms with Crippen molar-refractivity contribution in [3.05, 3.63) is 16.3 Å². The Hall–Kier alpha value is -1.96. The zero-order valence-electron chi connectivity index (χ0n) is 11.1. The van der Waals surface area contributed by atoms with Gasteiger partial charge in [0.05, 0.1) is 4.92 Å². The number of nitro groups is 1. The van der Waals surface area contributed by atoms with E-state index in [1.54, 1.807) is 0 Å². The summed E-state index contributed by atoms with van der Waals surface area (Å²) in [7, 11) is 4.02. The monoisotopic (exact) mass is 266 g/mol. The van der Waals surface area contributed by atoms with E-state index in [4.69, 9.17) is 5.73 Å². The van der Waals surface area contributed by atoms with Crippen molar-refractivity contribution in [1.82, 2.24) is 14.9 Å². The molecule has 0 aliphatic carbocycles. The standard InChI is InChI=1S/C11H18N6O2/c1-15(2)8-4-3-5-16(7-8)10-9(17(18)19)6-13-11(12)14-10/h6,8H,3-5,7H2,1-2H3,(H2,12,13,14). The van der Waals surface area contributed by atoms with Gasteiger partial charge in [0.1, 0.15) is 6.20 Å². The molecule has 0 aromatic carbocycles. The van der Waals surface area contributed by atoms with Crippen LogP contribution in [0.3, 0.4) is 0 Å². The Bertz CT molecular complexity index is 478. The van der Waals surface area contributed by atoms with Crippen LogP contribution in [0, 0.1) is 10.1 Å².